The summed E-state index contributed by atoms with van der Waals surface area (Å²) >= 11 is 0. The Hall–Kier alpha value is -1.60. The SMILES string of the molecule is CCCCCCCCCCCCCCCCNC(Cc1ccccc1)Cc1ccccc1. The quantitative estimate of drug-likeness (QED) is 0.205. The molecule has 0 aliphatic carbocycles. The number of hydrogen-bond donors (Lipinski definition) is 1. The summed E-state index contributed by atoms with van der Waals surface area (Å²) in [5.74, 6) is 0. The van der Waals surface area contributed by atoms with E-state index in [9.17, 15) is 0 Å². The van der Waals surface area contributed by atoms with Crippen LogP contribution in [0.1, 0.15) is 108 Å². The van der Waals surface area contributed by atoms with Gasteiger partial charge in [0, 0.05) is 6.04 Å². The molecule has 0 unspecified atom stereocenters. The van der Waals surface area contributed by atoms with E-state index in [2.05, 4.69) is 72.9 Å². The summed E-state index contributed by atoms with van der Waals surface area (Å²) in [5, 5.41) is 3.86. The molecule has 0 bridgehead atoms. The predicted molar refractivity (Wildman–Crippen MR) is 142 cm³/mol. The van der Waals surface area contributed by atoms with Gasteiger partial charge in [-0.25, -0.2) is 0 Å². The third-order valence-corrected chi connectivity index (χ3v) is 6.61. The molecule has 0 aliphatic rings. The molecular formula is C31H49N. The van der Waals surface area contributed by atoms with Gasteiger partial charge < -0.3 is 5.32 Å². The molecule has 0 atom stereocenters. The summed E-state index contributed by atoms with van der Waals surface area (Å²) in [6.07, 6.45) is 22.1. The lowest BCUT2D eigenvalue weighted by Crippen LogP contribution is -2.34. The standard InChI is InChI=1S/C31H49N/c1-2-3-4-5-6-7-8-9-10-11-12-13-14-21-26-32-31(27-29-22-17-15-18-23-29)28-30-24-19-16-20-25-30/h15-20,22-25,31-32H,2-14,21,26-28H2,1H3. The van der Waals surface area contributed by atoms with Gasteiger partial charge in [0.2, 0.25) is 0 Å². The van der Waals surface area contributed by atoms with E-state index < -0.39 is 0 Å². The minimum Gasteiger partial charge on any atom is -0.313 e. The van der Waals surface area contributed by atoms with Crippen LogP contribution < -0.4 is 5.32 Å². The predicted octanol–water partition coefficient (Wildman–Crippen LogP) is 8.91. The van der Waals surface area contributed by atoms with E-state index in [0.29, 0.717) is 6.04 Å². The van der Waals surface area contributed by atoms with Crippen molar-refractivity contribution in [3.8, 4) is 0 Å². The highest BCUT2D eigenvalue weighted by molar-refractivity contribution is 5.19. The lowest BCUT2D eigenvalue weighted by molar-refractivity contribution is 0.480. The Kier molecular flexibility index (Phi) is 15.8. The second-order valence-corrected chi connectivity index (χ2v) is 9.63. The van der Waals surface area contributed by atoms with Gasteiger partial charge in [0.05, 0.1) is 0 Å². The second-order valence-electron chi connectivity index (χ2n) is 9.63. The lowest BCUT2D eigenvalue weighted by atomic mass is 9.98. The molecule has 1 N–H and O–H groups in total. The Bertz CT molecular complexity index is 595. The molecule has 0 fully saturated rings. The molecule has 2 rings (SSSR count). The van der Waals surface area contributed by atoms with Crippen LogP contribution in [0.4, 0.5) is 0 Å². The van der Waals surface area contributed by atoms with Crippen LogP contribution in [0.5, 0.6) is 0 Å². The van der Waals surface area contributed by atoms with Crippen molar-refractivity contribution in [3.63, 3.8) is 0 Å². The molecule has 1 nitrogen and oxygen atoms in total. The number of nitrogens with one attached hydrogen (secondary N) is 1. The highest BCUT2D eigenvalue weighted by atomic mass is 14.9. The maximum atomic E-state index is 3.86. The maximum Gasteiger partial charge on any atom is 0.0148 e. The van der Waals surface area contributed by atoms with E-state index in [1.54, 1.807) is 0 Å². The molecular weight excluding hydrogens is 386 g/mol. The third kappa shape index (κ3) is 13.7. The highest BCUT2D eigenvalue weighted by Gasteiger charge is 2.10. The Balaban J connectivity index is 1.49. The first kappa shape index (κ1) is 26.7. The van der Waals surface area contributed by atoms with Crippen LogP contribution in [0, 0.1) is 0 Å². The van der Waals surface area contributed by atoms with Crippen LogP contribution in [-0.4, -0.2) is 12.6 Å². The van der Waals surface area contributed by atoms with Crippen molar-refractivity contribution in [2.45, 2.75) is 116 Å². The van der Waals surface area contributed by atoms with E-state index in [0.717, 1.165) is 19.4 Å². The average molecular weight is 436 g/mol. The summed E-state index contributed by atoms with van der Waals surface area (Å²) in [4.78, 5) is 0. The van der Waals surface area contributed by atoms with Gasteiger partial charge in [-0.1, -0.05) is 151 Å². The van der Waals surface area contributed by atoms with Crippen molar-refractivity contribution in [2.75, 3.05) is 6.54 Å². The highest BCUT2D eigenvalue weighted by Crippen LogP contribution is 2.13. The molecule has 0 aliphatic heterocycles. The molecule has 0 amide bonds. The normalized spacial score (nSPS) is 11.3. The molecule has 32 heavy (non-hydrogen) atoms. The topological polar surface area (TPSA) is 12.0 Å². The smallest absolute Gasteiger partial charge is 0.0148 e. The summed E-state index contributed by atoms with van der Waals surface area (Å²) in [6.45, 7) is 3.44. The van der Waals surface area contributed by atoms with Crippen LogP contribution in [0.3, 0.4) is 0 Å². The van der Waals surface area contributed by atoms with Gasteiger partial charge in [-0.05, 0) is 36.9 Å². The molecule has 0 radical (unpaired) electrons. The molecule has 0 spiro atoms. The van der Waals surface area contributed by atoms with Crippen LogP contribution in [0.15, 0.2) is 60.7 Å². The summed E-state index contributed by atoms with van der Waals surface area (Å²) in [7, 11) is 0. The molecule has 0 aromatic heterocycles. The second kappa shape index (κ2) is 18.9. The summed E-state index contributed by atoms with van der Waals surface area (Å²) < 4.78 is 0. The van der Waals surface area contributed by atoms with Gasteiger partial charge in [-0.2, -0.15) is 0 Å². The van der Waals surface area contributed by atoms with Gasteiger partial charge >= 0.3 is 0 Å². The van der Waals surface area contributed by atoms with Crippen molar-refractivity contribution in [2.24, 2.45) is 0 Å². The number of unbranched alkanes of at least 4 members (excludes halogenated alkanes) is 13. The van der Waals surface area contributed by atoms with Crippen LogP contribution in [0.25, 0.3) is 0 Å². The van der Waals surface area contributed by atoms with Crippen LogP contribution in [0.2, 0.25) is 0 Å². The Morgan fingerprint density at radius 2 is 0.875 bits per heavy atom. The molecule has 1 heteroatoms. The van der Waals surface area contributed by atoms with Gasteiger partial charge in [0.25, 0.3) is 0 Å². The van der Waals surface area contributed by atoms with Gasteiger partial charge in [-0.3, -0.25) is 0 Å². The minimum absolute atomic E-state index is 0.516. The Labute approximate surface area is 199 Å². The largest absolute Gasteiger partial charge is 0.313 e. The van der Waals surface area contributed by atoms with Crippen LogP contribution >= 0.6 is 0 Å². The number of hydrogen-bond acceptors (Lipinski definition) is 1. The zero-order valence-electron chi connectivity index (χ0n) is 20.9. The van der Waals surface area contributed by atoms with Crippen molar-refractivity contribution in [3.05, 3.63) is 71.8 Å². The molecule has 2 aromatic rings. The first-order chi connectivity index (χ1) is 15.9. The fourth-order valence-electron chi connectivity index (χ4n) is 4.64. The van der Waals surface area contributed by atoms with E-state index >= 15 is 0 Å². The summed E-state index contributed by atoms with van der Waals surface area (Å²) in [5.41, 5.74) is 2.86. The first-order valence-electron chi connectivity index (χ1n) is 13.7. The van der Waals surface area contributed by atoms with E-state index in [4.69, 9.17) is 0 Å². The number of benzene rings is 2. The van der Waals surface area contributed by atoms with Crippen LogP contribution in [-0.2, 0) is 12.8 Å². The molecule has 0 heterocycles. The zero-order chi connectivity index (χ0) is 22.5. The minimum atomic E-state index is 0.516. The maximum absolute atomic E-state index is 3.86. The van der Waals surface area contributed by atoms with Crippen molar-refractivity contribution in [1.29, 1.82) is 0 Å². The van der Waals surface area contributed by atoms with E-state index in [-0.39, 0.29) is 0 Å². The van der Waals surface area contributed by atoms with Gasteiger partial charge in [0.15, 0.2) is 0 Å². The van der Waals surface area contributed by atoms with Crippen molar-refractivity contribution in [1.82, 2.24) is 5.32 Å². The lowest BCUT2D eigenvalue weighted by Gasteiger charge is -2.19. The third-order valence-electron chi connectivity index (χ3n) is 6.61. The molecule has 0 saturated carbocycles. The molecule has 0 saturated heterocycles. The summed E-state index contributed by atoms with van der Waals surface area (Å²) in [6, 6.07) is 22.4. The zero-order valence-corrected chi connectivity index (χ0v) is 20.9. The van der Waals surface area contributed by atoms with Gasteiger partial charge in [0.1, 0.15) is 0 Å². The fraction of sp³-hybridized carbons (Fsp3) is 0.613. The Morgan fingerprint density at radius 3 is 1.28 bits per heavy atom. The molecule has 178 valence electrons. The average Bonchev–Trinajstić information content (AvgIpc) is 2.83. The first-order valence-corrected chi connectivity index (χ1v) is 13.7. The van der Waals surface area contributed by atoms with Crippen molar-refractivity contribution < 1.29 is 0 Å². The van der Waals surface area contributed by atoms with Gasteiger partial charge in [-0.15, -0.1) is 0 Å². The Morgan fingerprint density at radius 1 is 0.500 bits per heavy atom. The van der Waals surface area contributed by atoms with E-state index in [1.165, 1.54) is 101 Å². The fourth-order valence-corrected chi connectivity index (χ4v) is 4.64. The number of rotatable bonds is 20. The van der Waals surface area contributed by atoms with Crippen molar-refractivity contribution >= 4 is 0 Å². The monoisotopic (exact) mass is 435 g/mol. The molecule has 2 aromatic carbocycles. The van der Waals surface area contributed by atoms with E-state index in [1.807, 2.05) is 0 Å².